The first-order chi connectivity index (χ1) is 22.3. The molecule has 4 heterocycles. The molecule has 0 unspecified atom stereocenters. The van der Waals surface area contributed by atoms with Crippen LogP contribution in [-0.2, 0) is 0 Å². The number of thiophene rings is 1. The van der Waals surface area contributed by atoms with Crippen molar-refractivity contribution in [3.8, 4) is 28.7 Å². The molecule has 0 aliphatic carbocycles. The van der Waals surface area contributed by atoms with Crippen LogP contribution in [0.2, 0.25) is 0 Å². The number of para-hydroxylation sites is 2. The molecule has 0 amide bonds. The predicted molar refractivity (Wildman–Crippen MR) is 185 cm³/mol. The van der Waals surface area contributed by atoms with Crippen LogP contribution in [0, 0.1) is 0 Å². The van der Waals surface area contributed by atoms with Crippen LogP contribution in [-0.4, -0.2) is 19.5 Å². The predicted octanol–water partition coefficient (Wildman–Crippen LogP) is 10.6. The van der Waals surface area contributed by atoms with Gasteiger partial charge in [-0.25, -0.2) is 4.98 Å². The van der Waals surface area contributed by atoms with E-state index in [1.165, 1.54) is 20.2 Å². The van der Waals surface area contributed by atoms with Gasteiger partial charge in [-0.15, -0.1) is 11.3 Å². The lowest BCUT2D eigenvalue weighted by Crippen LogP contribution is -2.06. The maximum absolute atomic E-state index is 6.58. The van der Waals surface area contributed by atoms with Crippen LogP contribution >= 0.6 is 11.3 Å². The molecule has 0 aliphatic rings. The zero-order valence-electron chi connectivity index (χ0n) is 23.8. The van der Waals surface area contributed by atoms with Gasteiger partial charge in [0, 0.05) is 52.8 Å². The van der Waals surface area contributed by atoms with Crippen molar-refractivity contribution < 1.29 is 4.42 Å². The zero-order chi connectivity index (χ0) is 29.5. The summed E-state index contributed by atoms with van der Waals surface area (Å²) < 4.78 is 11.2. The van der Waals surface area contributed by atoms with Crippen LogP contribution in [0.5, 0.6) is 0 Å². The van der Waals surface area contributed by atoms with E-state index >= 15 is 0 Å². The normalized spacial score (nSPS) is 12.0. The summed E-state index contributed by atoms with van der Waals surface area (Å²) in [6, 6.07) is 46.1. The van der Waals surface area contributed by atoms with E-state index in [0.717, 1.165) is 54.9 Å². The Morgan fingerprint density at radius 1 is 0.489 bits per heavy atom. The molecule has 0 fully saturated rings. The van der Waals surface area contributed by atoms with Crippen molar-refractivity contribution in [1.82, 2.24) is 19.5 Å². The van der Waals surface area contributed by atoms with E-state index in [1.54, 1.807) is 11.3 Å². The zero-order valence-corrected chi connectivity index (χ0v) is 24.6. The first kappa shape index (κ1) is 24.6. The van der Waals surface area contributed by atoms with Gasteiger partial charge >= 0.3 is 0 Å². The van der Waals surface area contributed by atoms with Crippen LogP contribution in [0.25, 0.3) is 92.6 Å². The second-order valence-corrected chi connectivity index (χ2v) is 12.3. The summed E-state index contributed by atoms with van der Waals surface area (Å²) in [5.74, 6) is 1.79. The number of hydrogen-bond donors (Lipinski definition) is 0. The number of benzene rings is 6. The van der Waals surface area contributed by atoms with Crippen molar-refractivity contribution in [3.05, 3.63) is 133 Å². The molecule has 0 spiro atoms. The highest BCUT2D eigenvalue weighted by Crippen LogP contribution is 2.40. The lowest BCUT2D eigenvalue weighted by Gasteiger charge is -2.11. The summed E-state index contributed by atoms with van der Waals surface area (Å²) in [5.41, 5.74) is 5.51. The fraction of sp³-hybridized carbons (Fsp3) is 0. The lowest BCUT2D eigenvalue weighted by atomic mass is 10.1. The molecule has 4 aromatic heterocycles. The Morgan fingerprint density at radius 2 is 1.18 bits per heavy atom. The highest BCUT2D eigenvalue weighted by molar-refractivity contribution is 7.25. The smallest absolute Gasteiger partial charge is 0.238 e. The summed E-state index contributed by atoms with van der Waals surface area (Å²) in [6.07, 6.45) is 0. The topological polar surface area (TPSA) is 56.7 Å². The van der Waals surface area contributed by atoms with E-state index in [0.29, 0.717) is 17.6 Å². The molecule has 210 valence electrons. The number of rotatable bonds is 3. The van der Waals surface area contributed by atoms with E-state index in [4.69, 9.17) is 19.4 Å². The summed E-state index contributed by atoms with van der Waals surface area (Å²) in [6.45, 7) is 0. The lowest BCUT2D eigenvalue weighted by molar-refractivity contribution is 0.670. The van der Waals surface area contributed by atoms with Crippen LogP contribution in [0.1, 0.15) is 0 Å². The summed E-state index contributed by atoms with van der Waals surface area (Å²) in [7, 11) is 0. The van der Waals surface area contributed by atoms with Gasteiger partial charge in [-0.05, 0) is 42.5 Å². The molecule has 0 saturated heterocycles. The Bertz CT molecular complexity index is 2770. The van der Waals surface area contributed by atoms with Gasteiger partial charge in [-0.1, -0.05) is 91.0 Å². The molecule has 45 heavy (non-hydrogen) atoms. The van der Waals surface area contributed by atoms with Crippen molar-refractivity contribution in [2.24, 2.45) is 0 Å². The average molecular weight is 595 g/mol. The van der Waals surface area contributed by atoms with Gasteiger partial charge in [0.15, 0.2) is 17.2 Å². The minimum absolute atomic E-state index is 0.549. The van der Waals surface area contributed by atoms with Gasteiger partial charge in [-0.2, -0.15) is 9.97 Å². The van der Waals surface area contributed by atoms with Gasteiger partial charge in [0.1, 0.15) is 11.1 Å². The number of hydrogen-bond acceptors (Lipinski definition) is 5. The maximum atomic E-state index is 6.58. The second-order valence-electron chi connectivity index (χ2n) is 11.2. The van der Waals surface area contributed by atoms with Gasteiger partial charge < -0.3 is 4.42 Å². The molecule has 0 atom stereocenters. The van der Waals surface area contributed by atoms with Gasteiger partial charge in [0.25, 0.3) is 0 Å². The van der Waals surface area contributed by atoms with Crippen molar-refractivity contribution in [1.29, 1.82) is 0 Å². The Labute approximate surface area is 260 Å². The Hall–Kier alpha value is -5.85. The highest BCUT2D eigenvalue weighted by Gasteiger charge is 2.22. The highest BCUT2D eigenvalue weighted by atomic mass is 32.1. The average Bonchev–Trinajstić information content (AvgIpc) is 3.78. The molecular formula is C39H22N4OS. The van der Waals surface area contributed by atoms with Crippen molar-refractivity contribution in [3.63, 3.8) is 0 Å². The maximum Gasteiger partial charge on any atom is 0.238 e. The first-order valence-corrected chi connectivity index (χ1v) is 15.7. The standard InChI is InChI=1S/C39H22N4OS/c1-2-10-23(11-3-1)37-40-38(24-18-21-34-30(22-24)27-14-6-9-17-33(27)45-34)42-39(41-37)43-31-15-7-4-12-25(31)28-19-20-29-26-13-5-8-16-32(26)44-36(29)35(28)43/h1-22H. The summed E-state index contributed by atoms with van der Waals surface area (Å²) in [4.78, 5) is 15.4. The van der Waals surface area contributed by atoms with E-state index < -0.39 is 0 Å². The molecule has 0 aliphatic heterocycles. The largest absolute Gasteiger partial charge is 0.454 e. The van der Waals surface area contributed by atoms with Gasteiger partial charge in [0.05, 0.1) is 5.52 Å². The van der Waals surface area contributed by atoms with E-state index in [-0.39, 0.29) is 0 Å². The van der Waals surface area contributed by atoms with Gasteiger partial charge in [-0.3, -0.25) is 4.57 Å². The third-order valence-electron chi connectivity index (χ3n) is 8.67. The second kappa shape index (κ2) is 9.32. The van der Waals surface area contributed by atoms with E-state index in [2.05, 4.69) is 95.6 Å². The quantitative estimate of drug-likeness (QED) is 0.204. The van der Waals surface area contributed by atoms with E-state index in [1.807, 2.05) is 42.5 Å². The fourth-order valence-electron chi connectivity index (χ4n) is 6.61. The van der Waals surface area contributed by atoms with Gasteiger partial charge in [0.2, 0.25) is 5.95 Å². The number of nitrogens with zero attached hydrogens (tertiary/aromatic N) is 4. The summed E-state index contributed by atoms with van der Waals surface area (Å²) >= 11 is 1.80. The van der Waals surface area contributed by atoms with Crippen molar-refractivity contribution in [2.75, 3.05) is 0 Å². The monoisotopic (exact) mass is 594 g/mol. The Morgan fingerprint density at radius 3 is 2.07 bits per heavy atom. The number of aromatic nitrogens is 4. The van der Waals surface area contributed by atoms with Crippen LogP contribution in [0.4, 0.5) is 0 Å². The number of furan rings is 1. The van der Waals surface area contributed by atoms with E-state index in [9.17, 15) is 0 Å². The molecule has 6 heteroatoms. The summed E-state index contributed by atoms with van der Waals surface area (Å²) in [5, 5.41) is 6.80. The third kappa shape index (κ3) is 3.63. The molecule has 6 aromatic carbocycles. The SMILES string of the molecule is c1ccc(-c2nc(-c3ccc4sc5ccccc5c4c3)nc(-n3c4ccccc4c4ccc5c6ccccc6oc5c43)n2)cc1. The number of fused-ring (bicyclic) bond motifs is 10. The Balaban J connectivity index is 1.31. The molecule has 0 bridgehead atoms. The third-order valence-corrected chi connectivity index (χ3v) is 9.82. The van der Waals surface area contributed by atoms with Crippen molar-refractivity contribution in [2.45, 2.75) is 0 Å². The molecule has 0 N–H and O–H groups in total. The molecular weight excluding hydrogens is 573 g/mol. The minimum Gasteiger partial charge on any atom is -0.454 e. The minimum atomic E-state index is 0.549. The van der Waals surface area contributed by atoms with Crippen LogP contribution < -0.4 is 0 Å². The van der Waals surface area contributed by atoms with Crippen LogP contribution in [0.3, 0.4) is 0 Å². The molecule has 5 nitrogen and oxygen atoms in total. The molecule has 0 radical (unpaired) electrons. The first-order valence-electron chi connectivity index (χ1n) is 14.9. The molecule has 0 saturated carbocycles. The van der Waals surface area contributed by atoms with Crippen molar-refractivity contribution >= 4 is 75.3 Å². The van der Waals surface area contributed by atoms with Crippen LogP contribution in [0.15, 0.2) is 138 Å². The Kier molecular flexibility index (Phi) is 5.09. The molecule has 10 rings (SSSR count). The molecule has 10 aromatic rings. The fourth-order valence-corrected chi connectivity index (χ4v) is 7.70.